The Kier molecular flexibility index (Phi) is 3.83. The first-order valence-corrected chi connectivity index (χ1v) is 6.23. The normalized spacial score (nSPS) is 15.9. The average Bonchev–Trinajstić information content (AvgIpc) is 3.18. The molecule has 5 nitrogen and oxygen atoms in total. The number of phenols is 1. The molecule has 1 aliphatic carbocycles. The van der Waals surface area contributed by atoms with Gasteiger partial charge in [0.25, 0.3) is 0 Å². The van der Waals surface area contributed by atoms with Crippen LogP contribution in [0, 0.1) is 5.92 Å². The molecule has 2 N–H and O–H groups in total. The molecule has 0 spiro atoms. The van der Waals surface area contributed by atoms with Crippen LogP contribution in [0.1, 0.15) is 30.7 Å². The first kappa shape index (κ1) is 13.5. The molecule has 1 unspecified atom stereocenters. The van der Waals surface area contributed by atoms with Crippen molar-refractivity contribution >= 4 is 5.97 Å². The van der Waals surface area contributed by atoms with Gasteiger partial charge in [-0.25, -0.2) is 0 Å². The number of aliphatic carboxylic acids is 1. The topological polar surface area (TPSA) is 76.0 Å². The minimum absolute atomic E-state index is 0.0205. The van der Waals surface area contributed by atoms with Gasteiger partial charge in [0, 0.05) is 0 Å². The van der Waals surface area contributed by atoms with Gasteiger partial charge in [-0.3, -0.25) is 4.79 Å². The Labute approximate surface area is 111 Å². The summed E-state index contributed by atoms with van der Waals surface area (Å²) in [7, 11) is 2.94. The second-order valence-electron chi connectivity index (χ2n) is 4.82. The molecular formula is C14H18O5. The maximum absolute atomic E-state index is 11.0. The van der Waals surface area contributed by atoms with Gasteiger partial charge >= 0.3 is 5.97 Å². The fourth-order valence-corrected chi connectivity index (χ4v) is 2.42. The Balaban J connectivity index is 2.36. The second kappa shape index (κ2) is 5.38. The Morgan fingerprint density at radius 1 is 1.37 bits per heavy atom. The van der Waals surface area contributed by atoms with Gasteiger partial charge in [-0.2, -0.15) is 0 Å². The van der Waals surface area contributed by atoms with Crippen LogP contribution in [0.2, 0.25) is 0 Å². The zero-order valence-electron chi connectivity index (χ0n) is 11.0. The van der Waals surface area contributed by atoms with Crippen molar-refractivity contribution < 1.29 is 24.5 Å². The Bertz CT molecular complexity index is 479. The number of carbonyl (C=O) groups is 1. The van der Waals surface area contributed by atoms with Gasteiger partial charge in [-0.15, -0.1) is 0 Å². The van der Waals surface area contributed by atoms with Crippen molar-refractivity contribution in [1.29, 1.82) is 0 Å². The van der Waals surface area contributed by atoms with Crippen LogP contribution in [0.15, 0.2) is 12.1 Å². The van der Waals surface area contributed by atoms with Gasteiger partial charge in [-0.05, 0) is 42.4 Å². The minimum Gasteiger partial charge on any atom is -0.504 e. The molecule has 1 saturated carbocycles. The molecule has 1 aromatic carbocycles. The molecule has 2 rings (SSSR count). The highest BCUT2D eigenvalue weighted by Crippen LogP contribution is 2.48. The van der Waals surface area contributed by atoms with Crippen LogP contribution < -0.4 is 9.47 Å². The molecule has 0 amide bonds. The zero-order chi connectivity index (χ0) is 14.0. The number of aromatic hydroxyl groups is 1. The lowest BCUT2D eigenvalue weighted by Gasteiger charge is -2.18. The summed E-state index contributed by atoms with van der Waals surface area (Å²) >= 11 is 0. The van der Waals surface area contributed by atoms with E-state index in [0.717, 1.165) is 18.4 Å². The third-order valence-corrected chi connectivity index (χ3v) is 3.50. The molecule has 1 aliphatic rings. The molecule has 5 heteroatoms. The van der Waals surface area contributed by atoms with E-state index < -0.39 is 5.97 Å². The number of benzene rings is 1. The SMILES string of the molecule is COc1cc(C(CC(=O)O)C2CC2)cc(O)c1OC. The van der Waals surface area contributed by atoms with E-state index in [1.165, 1.54) is 14.2 Å². The Hall–Kier alpha value is -1.91. The molecular weight excluding hydrogens is 248 g/mol. The summed E-state index contributed by atoms with van der Waals surface area (Å²) in [4.78, 5) is 11.0. The van der Waals surface area contributed by atoms with E-state index in [-0.39, 0.29) is 23.8 Å². The molecule has 1 fully saturated rings. The van der Waals surface area contributed by atoms with Gasteiger partial charge < -0.3 is 19.7 Å². The smallest absolute Gasteiger partial charge is 0.303 e. The molecule has 0 saturated heterocycles. The average molecular weight is 266 g/mol. The van der Waals surface area contributed by atoms with Crippen LogP contribution in [0.25, 0.3) is 0 Å². The largest absolute Gasteiger partial charge is 0.504 e. The molecule has 0 radical (unpaired) electrons. The molecule has 1 atom stereocenters. The number of hydrogen-bond donors (Lipinski definition) is 2. The number of methoxy groups -OCH3 is 2. The lowest BCUT2D eigenvalue weighted by Crippen LogP contribution is -2.08. The second-order valence-corrected chi connectivity index (χ2v) is 4.82. The monoisotopic (exact) mass is 266 g/mol. The van der Waals surface area contributed by atoms with E-state index in [1.807, 2.05) is 0 Å². The van der Waals surface area contributed by atoms with Gasteiger partial charge in [-0.1, -0.05) is 0 Å². The number of phenolic OH excluding ortho intramolecular Hbond substituents is 1. The lowest BCUT2D eigenvalue weighted by atomic mass is 9.90. The van der Waals surface area contributed by atoms with Crippen LogP contribution in [0.5, 0.6) is 17.2 Å². The number of hydrogen-bond acceptors (Lipinski definition) is 4. The number of carboxylic acid groups (broad SMARTS) is 1. The van der Waals surface area contributed by atoms with Gasteiger partial charge in [0.15, 0.2) is 11.5 Å². The van der Waals surface area contributed by atoms with Crippen LogP contribution in [0.4, 0.5) is 0 Å². The molecule has 104 valence electrons. The zero-order valence-corrected chi connectivity index (χ0v) is 11.0. The Morgan fingerprint density at radius 2 is 2.05 bits per heavy atom. The maximum Gasteiger partial charge on any atom is 0.303 e. The standard InChI is InChI=1S/C14H18O5/c1-18-12-6-9(5-11(15)14(12)19-2)10(7-13(16)17)8-3-4-8/h5-6,8,10,15H,3-4,7H2,1-2H3,(H,16,17). The van der Waals surface area contributed by atoms with E-state index in [1.54, 1.807) is 12.1 Å². The molecule has 0 aliphatic heterocycles. The molecule has 0 aromatic heterocycles. The highest BCUT2D eigenvalue weighted by Gasteiger charge is 2.34. The van der Waals surface area contributed by atoms with Crippen LogP contribution in [-0.2, 0) is 4.79 Å². The van der Waals surface area contributed by atoms with E-state index in [9.17, 15) is 9.90 Å². The maximum atomic E-state index is 11.0. The molecule has 0 bridgehead atoms. The van der Waals surface area contributed by atoms with Crippen LogP contribution in [0.3, 0.4) is 0 Å². The van der Waals surface area contributed by atoms with E-state index >= 15 is 0 Å². The van der Waals surface area contributed by atoms with Crippen molar-refractivity contribution in [2.24, 2.45) is 5.92 Å². The number of carboxylic acids is 1. The van der Waals surface area contributed by atoms with Crippen molar-refractivity contribution in [3.8, 4) is 17.2 Å². The van der Waals surface area contributed by atoms with Crippen molar-refractivity contribution in [3.05, 3.63) is 17.7 Å². The predicted molar refractivity (Wildman–Crippen MR) is 68.9 cm³/mol. The molecule has 19 heavy (non-hydrogen) atoms. The summed E-state index contributed by atoms with van der Waals surface area (Å²) in [6.07, 6.45) is 2.14. The highest BCUT2D eigenvalue weighted by molar-refractivity contribution is 5.68. The minimum atomic E-state index is -0.828. The van der Waals surface area contributed by atoms with Crippen LogP contribution in [-0.4, -0.2) is 30.4 Å². The highest BCUT2D eigenvalue weighted by atomic mass is 16.5. The Morgan fingerprint density at radius 3 is 2.53 bits per heavy atom. The van der Waals surface area contributed by atoms with E-state index in [0.29, 0.717) is 11.7 Å². The lowest BCUT2D eigenvalue weighted by molar-refractivity contribution is -0.137. The summed E-state index contributed by atoms with van der Waals surface area (Å²) in [6, 6.07) is 3.33. The van der Waals surface area contributed by atoms with Crippen molar-refractivity contribution in [2.45, 2.75) is 25.2 Å². The quantitative estimate of drug-likeness (QED) is 0.826. The first-order valence-electron chi connectivity index (χ1n) is 6.23. The predicted octanol–water partition coefficient (Wildman–Crippen LogP) is 2.38. The molecule has 0 heterocycles. The summed E-state index contributed by atoms with van der Waals surface area (Å²) < 4.78 is 10.2. The number of rotatable bonds is 6. The summed E-state index contributed by atoms with van der Waals surface area (Å²) in [5, 5.41) is 18.9. The fraction of sp³-hybridized carbons (Fsp3) is 0.500. The van der Waals surface area contributed by atoms with Crippen LogP contribution >= 0.6 is 0 Å². The van der Waals surface area contributed by atoms with Gasteiger partial charge in [0.2, 0.25) is 5.75 Å². The molecule has 1 aromatic rings. The van der Waals surface area contributed by atoms with E-state index in [4.69, 9.17) is 14.6 Å². The fourth-order valence-electron chi connectivity index (χ4n) is 2.42. The summed E-state index contributed by atoms with van der Waals surface area (Å²) in [6.45, 7) is 0. The van der Waals surface area contributed by atoms with Gasteiger partial charge in [0.05, 0.1) is 20.6 Å². The van der Waals surface area contributed by atoms with Crippen molar-refractivity contribution in [2.75, 3.05) is 14.2 Å². The summed E-state index contributed by atoms with van der Waals surface area (Å²) in [5.41, 5.74) is 0.792. The summed E-state index contributed by atoms with van der Waals surface area (Å²) in [5.74, 6) is 0.153. The third-order valence-electron chi connectivity index (χ3n) is 3.50. The first-order chi connectivity index (χ1) is 9.06. The number of ether oxygens (including phenoxy) is 2. The van der Waals surface area contributed by atoms with Crippen molar-refractivity contribution in [3.63, 3.8) is 0 Å². The van der Waals surface area contributed by atoms with E-state index in [2.05, 4.69) is 0 Å². The van der Waals surface area contributed by atoms with Crippen molar-refractivity contribution in [1.82, 2.24) is 0 Å². The third kappa shape index (κ3) is 2.92. The van der Waals surface area contributed by atoms with Gasteiger partial charge in [0.1, 0.15) is 0 Å².